The van der Waals surface area contributed by atoms with Crippen LogP contribution in [0.5, 0.6) is 0 Å². The number of halogens is 1. The van der Waals surface area contributed by atoms with Crippen LogP contribution in [-0.4, -0.2) is 16.1 Å². The Morgan fingerprint density at radius 1 is 1.47 bits per heavy atom. The lowest BCUT2D eigenvalue weighted by molar-refractivity contribution is 0.0698. The van der Waals surface area contributed by atoms with Crippen LogP contribution >= 0.6 is 11.6 Å². The molecule has 0 saturated heterocycles. The number of nitrogens with one attached hydrogen (secondary N) is 1. The van der Waals surface area contributed by atoms with Gasteiger partial charge in [0, 0.05) is 11.9 Å². The summed E-state index contributed by atoms with van der Waals surface area (Å²) in [5.41, 5.74) is 7.85. The van der Waals surface area contributed by atoms with E-state index in [1.54, 1.807) is 12.4 Å². The number of benzene rings is 1. The zero-order chi connectivity index (χ0) is 14.0. The number of pyridine rings is 1. The molecule has 5 nitrogen and oxygen atoms in total. The van der Waals surface area contributed by atoms with E-state index >= 15 is 0 Å². The van der Waals surface area contributed by atoms with Crippen LogP contribution in [0.25, 0.3) is 0 Å². The molecule has 0 saturated carbocycles. The van der Waals surface area contributed by atoms with Gasteiger partial charge in [-0.3, -0.25) is 4.98 Å². The van der Waals surface area contributed by atoms with E-state index in [2.05, 4.69) is 10.3 Å². The first kappa shape index (κ1) is 13.2. The number of carboxylic acid groups (broad SMARTS) is 1. The van der Waals surface area contributed by atoms with E-state index in [0.29, 0.717) is 17.1 Å². The highest BCUT2D eigenvalue weighted by Crippen LogP contribution is 2.32. The van der Waals surface area contributed by atoms with Gasteiger partial charge >= 0.3 is 5.97 Å². The number of rotatable bonds is 3. The summed E-state index contributed by atoms with van der Waals surface area (Å²) in [6.07, 6.45) is 3.26. The molecule has 0 aliphatic rings. The van der Waals surface area contributed by atoms with E-state index in [1.165, 1.54) is 12.1 Å². The van der Waals surface area contributed by atoms with Gasteiger partial charge in [0.15, 0.2) is 0 Å². The number of aromatic carboxylic acids is 1. The maximum atomic E-state index is 11.2. The topological polar surface area (TPSA) is 88.2 Å². The third-order valence-corrected chi connectivity index (χ3v) is 2.94. The summed E-state index contributed by atoms with van der Waals surface area (Å²) in [4.78, 5) is 15.2. The van der Waals surface area contributed by atoms with Crippen LogP contribution in [0.2, 0.25) is 5.02 Å². The minimum Gasteiger partial charge on any atom is -0.478 e. The third kappa shape index (κ3) is 2.77. The Kier molecular flexibility index (Phi) is 3.57. The van der Waals surface area contributed by atoms with E-state index in [1.807, 2.05) is 13.0 Å². The van der Waals surface area contributed by atoms with Gasteiger partial charge in [-0.05, 0) is 30.7 Å². The van der Waals surface area contributed by atoms with E-state index in [4.69, 9.17) is 17.3 Å². The molecule has 0 bridgehead atoms. The Hall–Kier alpha value is -2.27. The first-order valence-electron chi connectivity index (χ1n) is 5.49. The Morgan fingerprint density at radius 2 is 2.21 bits per heavy atom. The molecule has 2 rings (SSSR count). The highest BCUT2D eigenvalue weighted by molar-refractivity contribution is 6.34. The van der Waals surface area contributed by atoms with Crippen molar-refractivity contribution < 1.29 is 9.90 Å². The average Bonchev–Trinajstić information content (AvgIpc) is 2.34. The highest BCUT2D eigenvalue weighted by Gasteiger charge is 2.15. The number of carboxylic acids is 1. The summed E-state index contributed by atoms with van der Waals surface area (Å²) in [7, 11) is 0. The van der Waals surface area contributed by atoms with Gasteiger partial charge in [-0.1, -0.05) is 11.6 Å². The maximum Gasteiger partial charge on any atom is 0.337 e. The van der Waals surface area contributed by atoms with Crippen LogP contribution < -0.4 is 11.1 Å². The van der Waals surface area contributed by atoms with Gasteiger partial charge in [-0.25, -0.2) is 4.79 Å². The van der Waals surface area contributed by atoms with E-state index in [-0.39, 0.29) is 10.6 Å². The van der Waals surface area contributed by atoms with Crippen LogP contribution in [0.1, 0.15) is 15.9 Å². The van der Waals surface area contributed by atoms with Crippen LogP contribution in [0, 0.1) is 6.92 Å². The van der Waals surface area contributed by atoms with Crippen molar-refractivity contribution in [3.63, 3.8) is 0 Å². The molecular weight excluding hydrogens is 266 g/mol. The van der Waals surface area contributed by atoms with Crippen molar-refractivity contribution in [1.82, 2.24) is 4.98 Å². The zero-order valence-corrected chi connectivity index (χ0v) is 10.9. The van der Waals surface area contributed by atoms with E-state index in [9.17, 15) is 9.90 Å². The Balaban J connectivity index is 2.51. The number of nitrogen functional groups attached to an aromatic ring is 1. The van der Waals surface area contributed by atoms with Gasteiger partial charge in [0.25, 0.3) is 0 Å². The molecule has 1 aromatic heterocycles. The van der Waals surface area contributed by atoms with E-state index in [0.717, 1.165) is 5.56 Å². The zero-order valence-electron chi connectivity index (χ0n) is 10.1. The average molecular weight is 278 g/mol. The number of nitrogens with zero attached hydrogens (tertiary/aromatic N) is 1. The molecule has 6 heteroatoms. The first-order chi connectivity index (χ1) is 8.99. The van der Waals surface area contributed by atoms with Gasteiger partial charge in [0.2, 0.25) is 0 Å². The summed E-state index contributed by atoms with van der Waals surface area (Å²) >= 11 is 6.05. The molecule has 2 aromatic rings. The van der Waals surface area contributed by atoms with Crippen molar-refractivity contribution >= 4 is 34.6 Å². The van der Waals surface area contributed by atoms with Crippen molar-refractivity contribution in [2.45, 2.75) is 6.92 Å². The molecule has 0 spiro atoms. The minimum atomic E-state index is -1.10. The van der Waals surface area contributed by atoms with Gasteiger partial charge in [0.05, 0.1) is 28.2 Å². The molecular formula is C13H12ClN3O2. The number of aromatic nitrogens is 1. The second kappa shape index (κ2) is 5.16. The molecule has 0 amide bonds. The number of hydrogen-bond acceptors (Lipinski definition) is 4. The fourth-order valence-corrected chi connectivity index (χ4v) is 1.93. The Morgan fingerprint density at radius 3 is 2.84 bits per heavy atom. The third-order valence-electron chi connectivity index (χ3n) is 2.64. The van der Waals surface area contributed by atoms with Gasteiger partial charge in [0.1, 0.15) is 0 Å². The molecule has 0 aliphatic heterocycles. The van der Waals surface area contributed by atoms with Crippen molar-refractivity contribution in [3.05, 3.63) is 46.7 Å². The molecule has 0 aliphatic carbocycles. The van der Waals surface area contributed by atoms with Crippen LogP contribution in [0.3, 0.4) is 0 Å². The Labute approximate surface area is 115 Å². The molecule has 0 radical (unpaired) electrons. The minimum absolute atomic E-state index is 0.0215. The number of aryl methyl sites for hydroxylation is 1. The highest BCUT2D eigenvalue weighted by atomic mass is 35.5. The van der Waals surface area contributed by atoms with Crippen molar-refractivity contribution in [1.29, 1.82) is 0 Å². The number of carbonyl (C=O) groups is 1. The number of hydrogen-bond donors (Lipinski definition) is 3. The fourth-order valence-electron chi connectivity index (χ4n) is 1.65. The predicted molar refractivity (Wildman–Crippen MR) is 75.1 cm³/mol. The van der Waals surface area contributed by atoms with Crippen LogP contribution in [0.15, 0.2) is 30.6 Å². The summed E-state index contributed by atoms with van der Waals surface area (Å²) < 4.78 is 0. The smallest absolute Gasteiger partial charge is 0.337 e. The number of nitrogens with two attached hydrogens (primary N) is 1. The Bertz CT molecular complexity index is 644. The van der Waals surface area contributed by atoms with Gasteiger partial charge < -0.3 is 16.2 Å². The normalized spacial score (nSPS) is 10.2. The lowest BCUT2D eigenvalue weighted by Crippen LogP contribution is -2.05. The lowest BCUT2D eigenvalue weighted by atomic mass is 10.1. The van der Waals surface area contributed by atoms with Gasteiger partial charge in [-0.15, -0.1) is 0 Å². The molecule has 0 atom stereocenters. The molecule has 1 aromatic carbocycles. The first-order valence-corrected chi connectivity index (χ1v) is 5.87. The van der Waals surface area contributed by atoms with Crippen molar-refractivity contribution in [3.8, 4) is 0 Å². The SMILES string of the molecule is Cc1ccncc1Nc1c(Cl)cc(N)cc1C(=O)O. The second-order valence-electron chi connectivity index (χ2n) is 4.05. The maximum absolute atomic E-state index is 11.2. The quantitative estimate of drug-likeness (QED) is 0.750. The molecule has 4 N–H and O–H groups in total. The molecule has 0 fully saturated rings. The van der Waals surface area contributed by atoms with E-state index < -0.39 is 5.97 Å². The predicted octanol–water partition coefficient (Wildman–Crippen LogP) is 3.07. The molecule has 98 valence electrons. The summed E-state index contributed by atoms with van der Waals surface area (Å²) in [5, 5.41) is 12.4. The monoisotopic (exact) mass is 277 g/mol. The molecule has 0 unspecified atom stereocenters. The number of anilines is 3. The fraction of sp³-hybridized carbons (Fsp3) is 0.0769. The molecule has 1 heterocycles. The lowest BCUT2D eigenvalue weighted by Gasteiger charge is -2.13. The largest absolute Gasteiger partial charge is 0.478 e. The standard InChI is InChI=1S/C13H12ClN3O2/c1-7-2-3-16-6-11(7)17-12-9(13(18)19)4-8(15)5-10(12)14/h2-6,17H,15H2,1H3,(H,18,19). The molecule has 19 heavy (non-hydrogen) atoms. The van der Waals surface area contributed by atoms with Gasteiger partial charge in [-0.2, -0.15) is 0 Å². The van der Waals surface area contributed by atoms with Crippen molar-refractivity contribution in [2.24, 2.45) is 0 Å². The second-order valence-corrected chi connectivity index (χ2v) is 4.45. The summed E-state index contributed by atoms with van der Waals surface area (Å²) in [6, 6.07) is 4.68. The van der Waals surface area contributed by atoms with Crippen LogP contribution in [0.4, 0.5) is 17.1 Å². The summed E-state index contributed by atoms with van der Waals surface area (Å²) in [5.74, 6) is -1.10. The van der Waals surface area contributed by atoms with Crippen LogP contribution in [-0.2, 0) is 0 Å². The van der Waals surface area contributed by atoms with Crippen molar-refractivity contribution in [2.75, 3.05) is 11.1 Å². The summed E-state index contributed by atoms with van der Waals surface area (Å²) in [6.45, 7) is 1.88.